The van der Waals surface area contributed by atoms with Crippen LogP contribution in [0.25, 0.3) is 5.69 Å². The molecule has 2 aromatic rings. The number of aromatic nitrogens is 2. The lowest BCUT2D eigenvalue weighted by Gasteiger charge is -2.17. The zero-order chi connectivity index (χ0) is 16.0. The number of fused-ring (bicyclic) bond motifs is 1. The highest BCUT2D eigenvalue weighted by atomic mass is 79.9. The normalized spacial score (nSPS) is 26.5. The monoisotopic (exact) mass is 374 g/mol. The van der Waals surface area contributed by atoms with E-state index in [2.05, 4.69) is 21.0 Å². The first-order valence-electron chi connectivity index (χ1n) is 7.98. The number of halogens is 1. The predicted octanol–water partition coefficient (Wildman–Crippen LogP) is 2.44. The van der Waals surface area contributed by atoms with Gasteiger partial charge in [-0.15, -0.1) is 0 Å². The van der Waals surface area contributed by atoms with Crippen molar-refractivity contribution in [2.24, 2.45) is 17.6 Å². The second-order valence-electron chi connectivity index (χ2n) is 6.50. The molecule has 1 aliphatic heterocycles. The quantitative estimate of drug-likeness (QED) is 0.877. The Kier molecular flexibility index (Phi) is 3.73. The molecule has 2 heterocycles. The molecule has 0 bridgehead atoms. The molecule has 3 atom stereocenters. The van der Waals surface area contributed by atoms with Crippen LogP contribution in [-0.2, 0) is 0 Å². The number of hydrogen-bond donors (Lipinski definition) is 1. The molecule has 23 heavy (non-hydrogen) atoms. The Bertz CT molecular complexity index is 744. The third-order valence-corrected chi connectivity index (χ3v) is 5.57. The number of hydrogen-bond acceptors (Lipinski definition) is 3. The lowest BCUT2D eigenvalue weighted by Crippen LogP contribution is -2.33. The van der Waals surface area contributed by atoms with Gasteiger partial charge in [0.25, 0.3) is 5.91 Å². The number of nitrogens with two attached hydrogens (primary N) is 1. The van der Waals surface area contributed by atoms with Crippen LogP contribution < -0.4 is 5.73 Å². The molecule has 2 N–H and O–H groups in total. The van der Waals surface area contributed by atoms with Crippen molar-refractivity contribution in [3.8, 4) is 5.69 Å². The second-order valence-corrected chi connectivity index (χ2v) is 7.42. The highest BCUT2D eigenvalue weighted by Crippen LogP contribution is 2.37. The average Bonchev–Trinajstić information content (AvgIpc) is 3.24. The molecule has 4 rings (SSSR count). The van der Waals surface area contributed by atoms with Crippen LogP contribution in [0.2, 0.25) is 0 Å². The molecule has 0 spiro atoms. The lowest BCUT2D eigenvalue weighted by molar-refractivity contribution is 0.0773. The van der Waals surface area contributed by atoms with E-state index in [-0.39, 0.29) is 11.9 Å². The third kappa shape index (κ3) is 2.70. The number of rotatable bonds is 2. The zero-order valence-corrected chi connectivity index (χ0v) is 14.3. The highest BCUT2D eigenvalue weighted by Gasteiger charge is 2.42. The lowest BCUT2D eigenvalue weighted by atomic mass is 9.98. The molecule has 1 amide bonds. The molecular weight excluding hydrogens is 356 g/mol. The van der Waals surface area contributed by atoms with Crippen molar-refractivity contribution in [2.45, 2.75) is 18.9 Å². The van der Waals surface area contributed by atoms with Gasteiger partial charge in [-0.2, -0.15) is 5.10 Å². The maximum atomic E-state index is 12.7. The maximum Gasteiger partial charge on any atom is 0.274 e. The van der Waals surface area contributed by atoms with Gasteiger partial charge in [-0.05, 0) is 48.9 Å². The van der Waals surface area contributed by atoms with Gasteiger partial charge in [-0.1, -0.05) is 22.0 Å². The summed E-state index contributed by atoms with van der Waals surface area (Å²) < 4.78 is 2.72. The van der Waals surface area contributed by atoms with Gasteiger partial charge in [0.2, 0.25) is 0 Å². The van der Waals surface area contributed by atoms with Crippen molar-refractivity contribution in [1.82, 2.24) is 14.7 Å². The summed E-state index contributed by atoms with van der Waals surface area (Å²) in [5.41, 5.74) is 7.58. The number of amides is 1. The second kappa shape index (κ2) is 5.76. The largest absolute Gasteiger partial charge is 0.337 e. The fourth-order valence-electron chi connectivity index (χ4n) is 3.84. The molecule has 120 valence electrons. The fraction of sp³-hybridized carbons (Fsp3) is 0.412. The first-order chi connectivity index (χ1) is 11.1. The molecule has 1 saturated carbocycles. The van der Waals surface area contributed by atoms with Gasteiger partial charge in [-0.25, -0.2) is 4.68 Å². The van der Waals surface area contributed by atoms with Crippen LogP contribution in [0.3, 0.4) is 0 Å². The Morgan fingerprint density at radius 3 is 2.91 bits per heavy atom. The molecule has 3 unspecified atom stereocenters. The smallest absolute Gasteiger partial charge is 0.274 e. The summed E-state index contributed by atoms with van der Waals surface area (Å²) in [6, 6.07) is 9.89. The molecule has 2 fully saturated rings. The topological polar surface area (TPSA) is 64.2 Å². The van der Waals surface area contributed by atoms with Crippen molar-refractivity contribution in [1.29, 1.82) is 0 Å². The average molecular weight is 375 g/mol. The summed E-state index contributed by atoms with van der Waals surface area (Å²) >= 11 is 3.45. The van der Waals surface area contributed by atoms with Gasteiger partial charge in [0.1, 0.15) is 0 Å². The molecule has 0 radical (unpaired) electrons. The van der Waals surface area contributed by atoms with Gasteiger partial charge in [0, 0.05) is 29.8 Å². The molecule has 1 aromatic heterocycles. The van der Waals surface area contributed by atoms with Gasteiger partial charge < -0.3 is 10.6 Å². The standard InChI is InChI=1S/C17H19BrN4O/c18-12-2-1-3-13(8-12)22-7-6-16(20-22)17(23)21-9-11-4-5-15(19)14(11)10-21/h1-3,6-8,11,14-15H,4-5,9-10,19H2. The molecule has 1 aromatic carbocycles. The van der Waals surface area contributed by atoms with E-state index < -0.39 is 0 Å². The van der Waals surface area contributed by atoms with Gasteiger partial charge in [0.05, 0.1) is 5.69 Å². The third-order valence-electron chi connectivity index (χ3n) is 5.08. The van der Waals surface area contributed by atoms with Crippen LogP contribution in [-0.4, -0.2) is 39.7 Å². The van der Waals surface area contributed by atoms with E-state index in [0.29, 0.717) is 17.5 Å². The number of likely N-dealkylation sites (tertiary alicyclic amines) is 1. The van der Waals surface area contributed by atoms with Crippen LogP contribution in [0.15, 0.2) is 41.0 Å². The highest BCUT2D eigenvalue weighted by molar-refractivity contribution is 9.10. The zero-order valence-electron chi connectivity index (χ0n) is 12.7. The maximum absolute atomic E-state index is 12.7. The molecule has 6 heteroatoms. The number of carbonyl (C=O) groups excluding carboxylic acids is 1. The van der Waals surface area contributed by atoms with Crippen LogP contribution in [0.4, 0.5) is 0 Å². The van der Waals surface area contributed by atoms with Crippen molar-refractivity contribution in [2.75, 3.05) is 13.1 Å². The van der Waals surface area contributed by atoms with E-state index >= 15 is 0 Å². The van der Waals surface area contributed by atoms with Gasteiger partial charge >= 0.3 is 0 Å². The van der Waals surface area contributed by atoms with E-state index in [1.807, 2.05) is 35.4 Å². The van der Waals surface area contributed by atoms with Gasteiger partial charge in [-0.3, -0.25) is 4.79 Å². The number of benzene rings is 1. The van der Waals surface area contributed by atoms with Crippen LogP contribution in [0.5, 0.6) is 0 Å². The molecule has 1 aliphatic carbocycles. The summed E-state index contributed by atoms with van der Waals surface area (Å²) in [6.07, 6.45) is 4.06. The summed E-state index contributed by atoms with van der Waals surface area (Å²) in [5, 5.41) is 4.45. The Hall–Kier alpha value is -1.66. The SMILES string of the molecule is NC1CCC2CN(C(=O)c3ccn(-c4cccc(Br)c4)n3)CC12. The summed E-state index contributed by atoms with van der Waals surface area (Å²) in [6.45, 7) is 1.59. The Morgan fingerprint density at radius 2 is 2.13 bits per heavy atom. The number of carbonyl (C=O) groups is 1. The first-order valence-corrected chi connectivity index (χ1v) is 8.77. The molecular formula is C17H19BrN4O. The van der Waals surface area contributed by atoms with Crippen LogP contribution in [0.1, 0.15) is 23.3 Å². The van der Waals surface area contributed by atoms with E-state index in [1.165, 1.54) is 0 Å². The molecule has 5 nitrogen and oxygen atoms in total. The minimum absolute atomic E-state index is 0.0142. The van der Waals surface area contributed by atoms with E-state index in [0.717, 1.165) is 36.1 Å². The van der Waals surface area contributed by atoms with Crippen molar-refractivity contribution < 1.29 is 4.79 Å². The number of nitrogens with zero attached hydrogens (tertiary/aromatic N) is 3. The minimum atomic E-state index is 0.0142. The Labute approximate surface area is 143 Å². The Morgan fingerprint density at radius 1 is 1.26 bits per heavy atom. The van der Waals surface area contributed by atoms with E-state index in [4.69, 9.17) is 5.73 Å². The summed E-state index contributed by atoms with van der Waals surface area (Å²) in [4.78, 5) is 14.6. The first kappa shape index (κ1) is 14.9. The minimum Gasteiger partial charge on any atom is -0.337 e. The summed E-state index contributed by atoms with van der Waals surface area (Å²) in [7, 11) is 0. The molecule has 2 aliphatic rings. The van der Waals surface area contributed by atoms with Crippen molar-refractivity contribution >= 4 is 21.8 Å². The van der Waals surface area contributed by atoms with Gasteiger partial charge in [0.15, 0.2) is 5.69 Å². The van der Waals surface area contributed by atoms with Crippen molar-refractivity contribution in [3.05, 3.63) is 46.7 Å². The van der Waals surface area contributed by atoms with Crippen molar-refractivity contribution in [3.63, 3.8) is 0 Å². The molecule has 1 saturated heterocycles. The summed E-state index contributed by atoms with van der Waals surface area (Å²) in [5.74, 6) is 1.05. The van der Waals surface area contributed by atoms with Crippen LogP contribution >= 0.6 is 15.9 Å². The van der Waals surface area contributed by atoms with E-state index in [9.17, 15) is 4.79 Å². The van der Waals surface area contributed by atoms with E-state index in [1.54, 1.807) is 10.7 Å². The Balaban J connectivity index is 1.52. The predicted molar refractivity (Wildman–Crippen MR) is 91.4 cm³/mol. The fourth-order valence-corrected chi connectivity index (χ4v) is 4.22. The van der Waals surface area contributed by atoms with Crippen LogP contribution in [0, 0.1) is 11.8 Å².